The molecule has 6 heteroatoms. The first kappa shape index (κ1) is 12.8. The minimum absolute atomic E-state index is 0.0654. The second-order valence-electron chi connectivity index (χ2n) is 4.07. The van der Waals surface area contributed by atoms with Gasteiger partial charge in [0.1, 0.15) is 12.4 Å². The largest absolute Gasteiger partial charge is 0.372 e. The van der Waals surface area contributed by atoms with Crippen LogP contribution in [0.2, 0.25) is 0 Å². The lowest BCUT2D eigenvalue weighted by molar-refractivity contribution is -0.136. The Bertz CT molecular complexity index is 377. The van der Waals surface area contributed by atoms with E-state index in [0.29, 0.717) is 19.7 Å². The van der Waals surface area contributed by atoms with Crippen molar-refractivity contribution in [3.63, 3.8) is 0 Å². The lowest BCUT2D eigenvalue weighted by Gasteiger charge is -2.35. The molecule has 2 heterocycles. The summed E-state index contributed by atoms with van der Waals surface area (Å²) in [5.41, 5.74) is 0. The molecule has 0 atom stereocenters. The van der Waals surface area contributed by atoms with E-state index in [1.54, 1.807) is 18.6 Å². The first-order chi connectivity index (χ1) is 8.81. The van der Waals surface area contributed by atoms with Crippen LogP contribution in [0.3, 0.4) is 0 Å². The number of ether oxygens (including phenoxy) is 1. The predicted octanol–water partition coefficient (Wildman–Crippen LogP) is 0.162. The monoisotopic (exact) mass is 250 g/mol. The fraction of sp³-hybridized carbons (Fsp3) is 0.583. The molecule has 18 heavy (non-hydrogen) atoms. The zero-order valence-corrected chi connectivity index (χ0v) is 10.6. The highest BCUT2D eigenvalue weighted by Crippen LogP contribution is 2.11. The molecule has 0 aliphatic carbocycles. The van der Waals surface area contributed by atoms with Gasteiger partial charge in [-0.25, -0.2) is 4.98 Å². The van der Waals surface area contributed by atoms with Gasteiger partial charge >= 0.3 is 0 Å². The van der Waals surface area contributed by atoms with Gasteiger partial charge in [0.15, 0.2) is 0 Å². The summed E-state index contributed by atoms with van der Waals surface area (Å²) in [6, 6.07) is 0. The maximum absolute atomic E-state index is 11.8. The van der Waals surface area contributed by atoms with Gasteiger partial charge in [-0.3, -0.25) is 9.78 Å². The highest BCUT2D eigenvalue weighted by atomic mass is 16.5. The highest BCUT2D eigenvalue weighted by Gasteiger charge is 2.21. The number of carbonyl (C=O) groups is 1. The van der Waals surface area contributed by atoms with Crippen molar-refractivity contribution in [3.8, 4) is 0 Å². The van der Waals surface area contributed by atoms with Crippen molar-refractivity contribution >= 4 is 11.7 Å². The number of hydrogen-bond acceptors (Lipinski definition) is 5. The van der Waals surface area contributed by atoms with Crippen LogP contribution in [0, 0.1) is 0 Å². The SMILES string of the molecule is CCOCC(=O)N1CCN(c2cnccn2)CC1. The molecule has 0 radical (unpaired) electrons. The van der Waals surface area contributed by atoms with Crippen LogP contribution in [-0.2, 0) is 9.53 Å². The second kappa shape index (κ2) is 6.30. The number of aromatic nitrogens is 2. The molecule has 1 saturated heterocycles. The number of carbonyl (C=O) groups excluding carboxylic acids is 1. The molecule has 0 saturated carbocycles. The molecule has 0 aromatic carbocycles. The predicted molar refractivity (Wildman–Crippen MR) is 67.3 cm³/mol. The summed E-state index contributed by atoms with van der Waals surface area (Å²) in [7, 11) is 0. The molecule has 2 rings (SSSR count). The smallest absolute Gasteiger partial charge is 0.248 e. The van der Waals surface area contributed by atoms with Crippen LogP contribution in [0.5, 0.6) is 0 Å². The van der Waals surface area contributed by atoms with E-state index in [-0.39, 0.29) is 12.5 Å². The van der Waals surface area contributed by atoms with E-state index in [1.807, 2.05) is 11.8 Å². The van der Waals surface area contributed by atoms with E-state index in [1.165, 1.54) is 0 Å². The van der Waals surface area contributed by atoms with Crippen LogP contribution in [0.4, 0.5) is 5.82 Å². The molecule has 0 bridgehead atoms. The molecule has 1 aromatic rings. The van der Waals surface area contributed by atoms with Crippen LogP contribution in [0.25, 0.3) is 0 Å². The summed E-state index contributed by atoms with van der Waals surface area (Å²) < 4.78 is 5.13. The Kier molecular flexibility index (Phi) is 4.46. The molecule has 1 amide bonds. The number of amides is 1. The third-order valence-electron chi connectivity index (χ3n) is 2.94. The van der Waals surface area contributed by atoms with Gasteiger partial charge in [0.05, 0.1) is 6.20 Å². The van der Waals surface area contributed by atoms with Crippen molar-refractivity contribution < 1.29 is 9.53 Å². The summed E-state index contributed by atoms with van der Waals surface area (Å²) in [6.07, 6.45) is 5.09. The summed E-state index contributed by atoms with van der Waals surface area (Å²) in [5.74, 6) is 0.935. The molecule has 1 fully saturated rings. The summed E-state index contributed by atoms with van der Waals surface area (Å²) in [5, 5.41) is 0. The van der Waals surface area contributed by atoms with E-state index in [9.17, 15) is 4.79 Å². The Balaban J connectivity index is 1.83. The zero-order chi connectivity index (χ0) is 12.8. The molecule has 0 unspecified atom stereocenters. The van der Waals surface area contributed by atoms with Crippen molar-refractivity contribution in [2.24, 2.45) is 0 Å². The highest BCUT2D eigenvalue weighted by molar-refractivity contribution is 5.77. The Morgan fingerprint density at radius 3 is 2.72 bits per heavy atom. The molecule has 1 aromatic heterocycles. The number of nitrogens with zero attached hydrogens (tertiary/aromatic N) is 4. The maximum Gasteiger partial charge on any atom is 0.248 e. The van der Waals surface area contributed by atoms with Gasteiger partial charge in [-0.05, 0) is 6.92 Å². The number of rotatable bonds is 4. The number of anilines is 1. The topological polar surface area (TPSA) is 58.6 Å². The van der Waals surface area contributed by atoms with Gasteiger partial charge < -0.3 is 14.5 Å². The van der Waals surface area contributed by atoms with E-state index >= 15 is 0 Å². The first-order valence-corrected chi connectivity index (χ1v) is 6.17. The first-order valence-electron chi connectivity index (χ1n) is 6.17. The number of piperazine rings is 1. The molecule has 0 N–H and O–H groups in total. The van der Waals surface area contributed by atoms with Crippen molar-refractivity contribution in [1.82, 2.24) is 14.9 Å². The Morgan fingerprint density at radius 1 is 1.33 bits per heavy atom. The summed E-state index contributed by atoms with van der Waals surface area (Å²) in [4.78, 5) is 24.0. The maximum atomic E-state index is 11.8. The molecule has 98 valence electrons. The van der Waals surface area contributed by atoms with Gasteiger partial charge in [0.25, 0.3) is 0 Å². The van der Waals surface area contributed by atoms with E-state index in [4.69, 9.17) is 4.74 Å². The van der Waals surface area contributed by atoms with E-state index < -0.39 is 0 Å². The van der Waals surface area contributed by atoms with Crippen LogP contribution in [0.15, 0.2) is 18.6 Å². The normalized spacial score (nSPS) is 15.8. The molecule has 0 spiro atoms. The Labute approximate surface area is 107 Å². The minimum Gasteiger partial charge on any atom is -0.372 e. The average molecular weight is 250 g/mol. The molecule has 1 aliphatic rings. The molecule has 6 nitrogen and oxygen atoms in total. The van der Waals surface area contributed by atoms with Crippen molar-refractivity contribution in [3.05, 3.63) is 18.6 Å². The lowest BCUT2D eigenvalue weighted by atomic mass is 10.3. The fourth-order valence-corrected chi connectivity index (χ4v) is 1.92. The van der Waals surface area contributed by atoms with Crippen molar-refractivity contribution in [2.75, 3.05) is 44.3 Å². The Hall–Kier alpha value is -1.69. The third kappa shape index (κ3) is 3.16. The Morgan fingerprint density at radius 2 is 2.11 bits per heavy atom. The lowest BCUT2D eigenvalue weighted by Crippen LogP contribution is -2.50. The summed E-state index contributed by atoms with van der Waals surface area (Å²) >= 11 is 0. The summed E-state index contributed by atoms with van der Waals surface area (Å²) in [6.45, 7) is 5.64. The van der Waals surface area contributed by atoms with Crippen LogP contribution < -0.4 is 4.90 Å². The van der Waals surface area contributed by atoms with Crippen molar-refractivity contribution in [2.45, 2.75) is 6.92 Å². The fourth-order valence-electron chi connectivity index (χ4n) is 1.92. The van der Waals surface area contributed by atoms with Gasteiger partial charge in [-0.2, -0.15) is 0 Å². The molecular formula is C12H18N4O2. The van der Waals surface area contributed by atoms with Crippen LogP contribution >= 0.6 is 0 Å². The third-order valence-corrected chi connectivity index (χ3v) is 2.94. The second-order valence-corrected chi connectivity index (χ2v) is 4.07. The molecular weight excluding hydrogens is 232 g/mol. The van der Waals surface area contributed by atoms with Gasteiger partial charge in [-0.15, -0.1) is 0 Å². The average Bonchev–Trinajstić information content (AvgIpc) is 2.46. The zero-order valence-electron chi connectivity index (χ0n) is 10.6. The quantitative estimate of drug-likeness (QED) is 0.762. The van der Waals surface area contributed by atoms with Gasteiger partial charge in [0, 0.05) is 45.2 Å². The van der Waals surface area contributed by atoms with Gasteiger partial charge in [0.2, 0.25) is 5.91 Å². The molecule has 1 aliphatic heterocycles. The van der Waals surface area contributed by atoms with Crippen molar-refractivity contribution in [1.29, 1.82) is 0 Å². The van der Waals surface area contributed by atoms with Crippen LogP contribution in [0.1, 0.15) is 6.92 Å². The van der Waals surface area contributed by atoms with Crippen LogP contribution in [-0.4, -0.2) is 60.2 Å². The van der Waals surface area contributed by atoms with Gasteiger partial charge in [-0.1, -0.05) is 0 Å². The standard InChI is InChI=1S/C12H18N4O2/c1-2-18-10-12(17)16-7-5-15(6-8-16)11-9-13-3-4-14-11/h3-4,9H,2,5-8,10H2,1H3. The van der Waals surface area contributed by atoms with E-state index in [2.05, 4.69) is 14.9 Å². The minimum atomic E-state index is 0.0654. The van der Waals surface area contributed by atoms with E-state index in [0.717, 1.165) is 18.9 Å². The number of hydrogen-bond donors (Lipinski definition) is 0.